The molecule has 4 unspecified atom stereocenters. The molecule has 0 N–H and O–H groups in total. The minimum atomic E-state index is -0.646. The van der Waals surface area contributed by atoms with E-state index in [1.54, 1.807) is 34.4 Å². The van der Waals surface area contributed by atoms with E-state index in [1.165, 1.54) is 13.8 Å². The molecule has 2 aliphatic rings. The molecule has 1 aromatic carbocycles. The number of halogens is 2. The number of piperidine rings is 2. The molecule has 1 aromatic rings. The van der Waals surface area contributed by atoms with Crippen LogP contribution in [0.5, 0.6) is 0 Å². The molecule has 0 spiro atoms. The molecule has 2 fully saturated rings. The third-order valence-corrected chi connectivity index (χ3v) is 12.5. The van der Waals surface area contributed by atoms with Gasteiger partial charge in [0.05, 0.1) is 41.1 Å². The van der Waals surface area contributed by atoms with Crippen LogP contribution in [-0.2, 0) is 28.7 Å². The fraction of sp³-hybridized carbons (Fsp3) is 0.667. The van der Waals surface area contributed by atoms with Crippen LogP contribution in [0.15, 0.2) is 24.3 Å². The van der Waals surface area contributed by atoms with Gasteiger partial charge in [-0.2, -0.15) is 0 Å². The smallest absolute Gasteiger partial charge is 0.339 e. The highest BCUT2D eigenvalue weighted by atomic mass is 127. The number of carbonyl (C=O) groups excluding carboxylic acids is 4. The Bertz CT molecular complexity index is 1140. The second-order valence-corrected chi connectivity index (χ2v) is 16.0. The Labute approximate surface area is 275 Å². The van der Waals surface area contributed by atoms with Gasteiger partial charge in [0.2, 0.25) is 0 Å². The van der Waals surface area contributed by atoms with Gasteiger partial charge in [-0.05, 0) is 67.5 Å². The maximum absolute atomic E-state index is 13.6. The first-order valence-corrected chi connectivity index (χ1v) is 16.4. The third kappa shape index (κ3) is 7.06. The number of benzene rings is 1. The molecule has 0 aliphatic carbocycles. The van der Waals surface area contributed by atoms with Gasteiger partial charge in [0.25, 0.3) is 0 Å². The fourth-order valence-electron chi connectivity index (χ4n) is 6.23. The SMILES string of the molecule is CC(=O)ON1C(C)(C)CC(OC(=O)c2ccccc2C(=O)OC2CC(C)(C)N(OC(C)=O)C(C)(C)C2I)C(I)C1(C)C. The van der Waals surface area contributed by atoms with Crippen molar-refractivity contribution in [3.05, 3.63) is 35.4 Å². The van der Waals surface area contributed by atoms with Crippen molar-refractivity contribution in [2.75, 3.05) is 0 Å². The first-order chi connectivity index (χ1) is 19.1. The van der Waals surface area contributed by atoms with Crippen molar-refractivity contribution in [1.82, 2.24) is 10.1 Å². The van der Waals surface area contributed by atoms with Gasteiger partial charge in [-0.1, -0.05) is 57.3 Å². The van der Waals surface area contributed by atoms with Crippen molar-refractivity contribution < 1.29 is 38.3 Å². The predicted molar refractivity (Wildman–Crippen MR) is 173 cm³/mol. The number of nitrogens with zero attached hydrogens (tertiary/aromatic N) is 2. The molecule has 0 saturated carbocycles. The predicted octanol–water partition coefficient (Wildman–Crippen LogP) is 5.83. The molecule has 2 aliphatic heterocycles. The highest BCUT2D eigenvalue weighted by Gasteiger charge is 2.56. The van der Waals surface area contributed by atoms with E-state index in [0.717, 1.165) is 0 Å². The summed E-state index contributed by atoms with van der Waals surface area (Å²) in [7, 11) is 0. The standard InChI is InChI=1S/C30H42I2N2O8/c1-17(35)41-33-27(3,4)15-21(23(31)29(33,7)8)39-25(37)19-13-11-12-14-20(19)26(38)40-22-16-28(5,6)34(42-18(2)36)30(9,10)24(22)32/h11-14,21-24H,15-16H2,1-10H3. The monoisotopic (exact) mass is 812 g/mol. The summed E-state index contributed by atoms with van der Waals surface area (Å²) < 4.78 is 11.7. The Morgan fingerprint density at radius 2 is 0.976 bits per heavy atom. The molecule has 0 bridgehead atoms. The van der Waals surface area contributed by atoms with Crippen LogP contribution in [0.4, 0.5) is 0 Å². The Hall–Kier alpha value is -1.52. The van der Waals surface area contributed by atoms with Gasteiger partial charge in [-0.3, -0.25) is 9.59 Å². The molecule has 0 radical (unpaired) electrons. The van der Waals surface area contributed by atoms with Gasteiger partial charge in [0.1, 0.15) is 12.2 Å². The van der Waals surface area contributed by atoms with Crippen LogP contribution < -0.4 is 0 Å². The van der Waals surface area contributed by atoms with Gasteiger partial charge in [-0.15, -0.1) is 10.1 Å². The van der Waals surface area contributed by atoms with E-state index < -0.39 is 58.2 Å². The minimum absolute atomic E-state index is 0.116. The number of hydrogen-bond acceptors (Lipinski definition) is 10. The van der Waals surface area contributed by atoms with Gasteiger partial charge < -0.3 is 19.1 Å². The van der Waals surface area contributed by atoms with E-state index in [4.69, 9.17) is 19.1 Å². The van der Waals surface area contributed by atoms with Crippen LogP contribution in [0, 0.1) is 0 Å². The van der Waals surface area contributed by atoms with Gasteiger partial charge in [0.15, 0.2) is 0 Å². The molecule has 10 nitrogen and oxygen atoms in total. The van der Waals surface area contributed by atoms with Gasteiger partial charge >= 0.3 is 23.9 Å². The number of rotatable bonds is 6. The minimum Gasteiger partial charge on any atom is -0.457 e. The second kappa shape index (κ2) is 12.5. The molecular formula is C30H42I2N2O8. The van der Waals surface area contributed by atoms with E-state index >= 15 is 0 Å². The second-order valence-electron chi connectivity index (χ2n) is 13.3. The van der Waals surface area contributed by atoms with Crippen molar-refractivity contribution >= 4 is 69.1 Å². The quantitative estimate of drug-likeness (QED) is 0.198. The molecular weight excluding hydrogens is 770 g/mol. The molecule has 42 heavy (non-hydrogen) atoms. The van der Waals surface area contributed by atoms with E-state index in [2.05, 4.69) is 45.2 Å². The van der Waals surface area contributed by atoms with E-state index in [1.807, 2.05) is 55.4 Å². The average molecular weight is 812 g/mol. The highest BCUT2D eigenvalue weighted by Crippen LogP contribution is 2.45. The van der Waals surface area contributed by atoms with Crippen LogP contribution in [-0.4, -0.2) is 76.2 Å². The van der Waals surface area contributed by atoms with Crippen molar-refractivity contribution in [2.24, 2.45) is 0 Å². The van der Waals surface area contributed by atoms with Gasteiger partial charge in [0, 0.05) is 26.7 Å². The maximum Gasteiger partial charge on any atom is 0.339 e. The van der Waals surface area contributed by atoms with Crippen LogP contribution >= 0.6 is 45.2 Å². The first kappa shape index (κ1) is 35.0. The summed E-state index contributed by atoms with van der Waals surface area (Å²) in [6.45, 7) is 18.2. The first-order valence-electron chi connectivity index (χ1n) is 13.9. The Morgan fingerprint density at radius 1 is 0.667 bits per heavy atom. The summed E-state index contributed by atoms with van der Waals surface area (Å²) in [6, 6.07) is 6.47. The topological polar surface area (TPSA) is 112 Å². The summed E-state index contributed by atoms with van der Waals surface area (Å²) in [5.74, 6) is -2.09. The van der Waals surface area contributed by atoms with E-state index in [0.29, 0.717) is 12.8 Å². The summed E-state index contributed by atoms with van der Waals surface area (Å²) in [4.78, 5) is 61.9. The highest BCUT2D eigenvalue weighted by molar-refractivity contribution is 14.1. The number of esters is 2. The lowest BCUT2D eigenvalue weighted by Gasteiger charge is -2.54. The zero-order chi connectivity index (χ0) is 32.0. The number of carbonyl (C=O) groups is 4. The lowest BCUT2D eigenvalue weighted by Crippen LogP contribution is -2.67. The number of ether oxygens (including phenoxy) is 2. The Morgan fingerprint density at radius 3 is 1.26 bits per heavy atom. The van der Waals surface area contributed by atoms with Crippen LogP contribution in [0.3, 0.4) is 0 Å². The summed E-state index contributed by atoms with van der Waals surface area (Å²) in [6.07, 6.45) is -0.191. The van der Waals surface area contributed by atoms with Crippen LogP contribution in [0.1, 0.15) is 103 Å². The van der Waals surface area contributed by atoms with Crippen LogP contribution in [0.25, 0.3) is 0 Å². The van der Waals surface area contributed by atoms with Crippen molar-refractivity contribution in [3.8, 4) is 0 Å². The summed E-state index contributed by atoms with van der Waals surface area (Å²) >= 11 is 4.46. The van der Waals surface area contributed by atoms with Gasteiger partial charge in [-0.25, -0.2) is 9.59 Å². The lowest BCUT2D eigenvalue weighted by atomic mass is 9.80. The normalized spacial score (nSPS) is 28.3. The maximum atomic E-state index is 13.6. The largest absolute Gasteiger partial charge is 0.457 e. The van der Waals surface area contributed by atoms with Crippen molar-refractivity contribution in [1.29, 1.82) is 0 Å². The lowest BCUT2D eigenvalue weighted by molar-refractivity contribution is -0.270. The number of hydroxylamine groups is 4. The molecule has 2 heterocycles. The molecule has 0 aromatic heterocycles. The molecule has 234 valence electrons. The number of alkyl halides is 2. The summed E-state index contributed by atoms with van der Waals surface area (Å²) in [5, 5.41) is 3.37. The average Bonchev–Trinajstić information content (AvgIpc) is 2.86. The zero-order valence-electron chi connectivity index (χ0n) is 25.9. The number of hydrogen-bond donors (Lipinski definition) is 0. The Kier molecular flexibility index (Phi) is 10.4. The van der Waals surface area contributed by atoms with E-state index in [-0.39, 0.29) is 19.0 Å². The van der Waals surface area contributed by atoms with Crippen LogP contribution in [0.2, 0.25) is 0 Å². The molecule has 4 atom stereocenters. The molecule has 12 heteroatoms. The molecule has 0 amide bonds. The Balaban J connectivity index is 1.83. The molecule has 3 rings (SSSR count). The van der Waals surface area contributed by atoms with Crippen molar-refractivity contribution in [2.45, 2.75) is 124 Å². The molecule has 2 saturated heterocycles. The summed E-state index contributed by atoms with van der Waals surface area (Å²) in [5.41, 5.74) is -2.29. The van der Waals surface area contributed by atoms with E-state index in [9.17, 15) is 19.2 Å². The fourth-order valence-corrected chi connectivity index (χ4v) is 7.54. The third-order valence-electron chi connectivity index (χ3n) is 7.87. The zero-order valence-corrected chi connectivity index (χ0v) is 30.3. The van der Waals surface area contributed by atoms with Crippen molar-refractivity contribution in [3.63, 3.8) is 0 Å².